The number of H-pyrrole nitrogens is 1. The first-order valence-electron chi connectivity index (χ1n) is 8.28. The second-order valence-electron chi connectivity index (χ2n) is 5.98. The molecule has 5 aromatic rings. The predicted octanol–water partition coefficient (Wildman–Crippen LogP) is 3.06. The number of hydrogen-bond donors (Lipinski definition) is 1. The van der Waals surface area contributed by atoms with Crippen LogP contribution in [0.3, 0.4) is 0 Å². The van der Waals surface area contributed by atoms with Crippen molar-refractivity contribution in [2.75, 3.05) is 0 Å². The molecule has 0 saturated carbocycles. The molecule has 126 valence electrons. The summed E-state index contributed by atoms with van der Waals surface area (Å²) in [5.74, 6) is 0.827. The van der Waals surface area contributed by atoms with Crippen LogP contribution >= 0.6 is 0 Å². The Kier molecular flexibility index (Phi) is 3.35. The van der Waals surface area contributed by atoms with Crippen LogP contribution in [0, 0.1) is 0 Å². The molecule has 0 amide bonds. The van der Waals surface area contributed by atoms with Crippen molar-refractivity contribution >= 4 is 11.2 Å². The lowest BCUT2D eigenvalue weighted by molar-refractivity contribution is 0.704. The zero-order valence-electron chi connectivity index (χ0n) is 13.8. The Morgan fingerprint density at radius 3 is 2.54 bits per heavy atom. The van der Waals surface area contributed by atoms with Gasteiger partial charge in [-0.15, -0.1) is 0 Å². The summed E-state index contributed by atoms with van der Waals surface area (Å²) in [5.41, 5.74) is 4.93. The first kappa shape index (κ1) is 14.6. The van der Waals surface area contributed by atoms with Gasteiger partial charge in [-0.2, -0.15) is 10.2 Å². The standard InChI is InChI=1S/C19H15N7/c1-8-21-25(11-1)16-4-2-15(3-5-16)18-23-17-12-22-26(19(17)24-18)13-14-6-9-20-10-7-14/h1-12H,13H2,(H,23,24). The lowest BCUT2D eigenvalue weighted by atomic mass is 10.2. The van der Waals surface area contributed by atoms with Crippen molar-refractivity contribution in [1.29, 1.82) is 0 Å². The molecular weight excluding hydrogens is 326 g/mol. The van der Waals surface area contributed by atoms with E-state index in [1.165, 1.54) is 0 Å². The van der Waals surface area contributed by atoms with E-state index in [0.29, 0.717) is 6.54 Å². The monoisotopic (exact) mass is 341 g/mol. The van der Waals surface area contributed by atoms with Crippen molar-refractivity contribution in [2.45, 2.75) is 6.54 Å². The lowest BCUT2D eigenvalue weighted by Gasteiger charge is -2.03. The molecule has 7 nitrogen and oxygen atoms in total. The molecule has 1 N–H and O–H groups in total. The van der Waals surface area contributed by atoms with E-state index in [4.69, 9.17) is 4.98 Å². The number of imidazole rings is 1. The van der Waals surface area contributed by atoms with E-state index in [9.17, 15) is 0 Å². The van der Waals surface area contributed by atoms with E-state index < -0.39 is 0 Å². The number of benzene rings is 1. The molecule has 0 aliphatic rings. The highest BCUT2D eigenvalue weighted by molar-refractivity contribution is 5.76. The fourth-order valence-corrected chi connectivity index (χ4v) is 2.95. The minimum atomic E-state index is 0.661. The first-order valence-corrected chi connectivity index (χ1v) is 8.28. The molecule has 1 aromatic carbocycles. The average Bonchev–Trinajstić information content (AvgIpc) is 3.42. The topological polar surface area (TPSA) is 77.2 Å². The van der Waals surface area contributed by atoms with E-state index in [-0.39, 0.29) is 0 Å². The second-order valence-corrected chi connectivity index (χ2v) is 5.98. The van der Waals surface area contributed by atoms with E-state index in [2.05, 4.69) is 20.2 Å². The first-order chi connectivity index (χ1) is 12.9. The molecule has 0 atom stereocenters. The average molecular weight is 341 g/mol. The summed E-state index contributed by atoms with van der Waals surface area (Å²) in [7, 11) is 0. The molecule has 7 heteroatoms. The van der Waals surface area contributed by atoms with Crippen LogP contribution in [-0.4, -0.2) is 34.5 Å². The molecule has 4 aromatic heterocycles. The molecule has 26 heavy (non-hydrogen) atoms. The van der Waals surface area contributed by atoms with Crippen molar-refractivity contribution in [3.63, 3.8) is 0 Å². The van der Waals surface area contributed by atoms with Crippen molar-refractivity contribution < 1.29 is 0 Å². The molecule has 0 fully saturated rings. The summed E-state index contributed by atoms with van der Waals surface area (Å²) in [6.07, 6.45) is 9.07. The second kappa shape index (κ2) is 5.96. The third kappa shape index (κ3) is 2.55. The van der Waals surface area contributed by atoms with E-state index >= 15 is 0 Å². The summed E-state index contributed by atoms with van der Waals surface area (Å²) >= 11 is 0. The quantitative estimate of drug-likeness (QED) is 0.545. The van der Waals surface area contributed by atoms with Crippen molar-refractivity contribution in [3.8, 4) is 17.1 Å². The Labute approximate surface area is 149 Å². The highest BCUT2D eigenvalue weighted by Crippen LogP contribution is 2.22. The van der Waals surface area contributed by atoms with Gasteiger partial charge in [0.05, 0.1) is 18.4 Å². The van der Waals surface area contributed by atoms with Gasteiger partial charge in [0, 0.05) is 30.4 Å². The minimum Gasteiger partial charge on any atom is -0.335 e. The van der Waals surface area contributed by atoms with Crippen LogP contribution in [0.15, 0.2) is 73.4 Å². The maximum atomic E-state index is 4.74. The van der Waals surface area contributed by atoms with Gasteiger partial charge >= 0.3 is 0 Å². The summed E-state index contributed by atoms with van der Waals surface area (Å²) in [6.45, 7) is 0.661. The number of rotatable bonds is 4. The summed E-state index contributed by atoms with van der Waals surface area (Å²) in [4.78, 5) is 12.1. The molecule has 0 aliphatic carbocycles. The van der Waals surface area contributed by atoms with E-state index in [0.717, 1.165) is 33.8 Å². The van der Waals surface area contributed by atoms with Crippen LogP contribution in [0.1, 0.15) is 5.56 Å². The van der Waals surface area contributed by atoms with Gasteiger partial charge in [0.2, 0.25) is 0 Å². The minimum absolute atomic E-state index is 0.661. The summed E-state index contributed by atoms with van der Waals surface area (Å²) in [6, 6.07) is 14.0. The fourth-order valence-electron chi connectivity index (χ4n) is 2.95. The van der Waals surface area contributed by atoms with Crippen LogP contribution in [0.5, 0.6) is 0 Å². The highest BCUT2D eigenvalue weighted by atomic mass is 15.3. The summed E-state index contributed by atoms with van der Waals surface area (Å²) in [5, 5.41) is 8.67. The van der Waals surface area contributed by atoms with Crippen LogP contribution in [0.4, 0.5) is 0 Å². The molecule has 4 heterocycles. The van der Waals surface area contributed by atoms with E-state index in [1.54, 1.807) is 18.6 Å². The smallest absolute Gasteiger partial charge is 0.177 e. The van der Waals surface area contributed by atoms with Crippen LogP contribution in [0.2, 0.25) is 0 Å². The van der Waals surface area contributed by atoms with Crippen LogP contribution < -0.4 is 0 Å². The largest absolute Gasteiger partial charge is 0.335 e. The van der Waals surface area contributed by atoms with Crippen LogP contribution in [0.25, 0.3) is 28.2 Å². The zero-order valence-corrected chi connectivity index (χ0v) is 13.8. The number of aromatic amines is 1. The van der Waals surface area contributed by atoms with E-state index in [1.807, 2.05) is 64.2 Å². The fraction of sp³-hybridized carbons (Fsp3) is 0.0526. The lowest BCUT2D eigenvalue weighted by Crippen LogP contribution is -2.01. The number of aromatic nitrogens is 7. The van der Waals surface area contributed by atoms with Gasteiger partial charge < -0.3 is 4.98 Å². The number of nitrogens with one attached hydrogen (secondary N) is 1. The molecule has 0 unspecified atom stereocenters. The Morgan fingerprint density at radius 2 is 1.77 bits per heavy atom. The molecule has 0 saturated heterocycles. The maximum absolute atomic E-state index is 4.74. The molecular formula is C19H15N7. The Morgan fingerprint density at radius 1 is 0.923 bits per heavy atom. The zero-order chi connectivity index (χ0) is 17.3. The number of hydrogen-bond acceptors (Lipinski definition) is 4. The van der Waals surface area contributed by atoms with Gasteiger partial charge in [-0.25, -0.2) is 14.3 Å². The Bertz CT molecular complexity index is 1140. The van der Waals surface area contributed by atoms with Gasteiger partial charge in [-0.05, 0) is 48.0 Å². The number of nitrogens with zero attached hydrogens (tertiary/aromatic N) is 6. The number of pyridine rings is 1. The molecule has 0 spiro atoms. The highest BCUT2D eigenvalue weighted by Gasteiger charge is 2.11. The summed E-state index contributed by atoms with van der Waals surface area (Å²) < 4.78 is 3.72. The van der Waals surface area contributed by atoms with Crippen molar-refractivity contribution in [1.82, 2.24) is 34.5 Å². The third-order valence-corrected chi connectivity index (χ3v) is 4.27. The molecule has 0 radical (unpaired) electrons. The molecule has 0 bridgehead atoms. The van der Waals surface area contributed by atoms with Gasteiger partial charge in [-0.3, -0.25) is 4.98 Å². The van der Waals surface area contributed by atoms with Gasteiger partial charge in [0.1, 0.15) is 11.3 Å². The number of fused-ring (bicyclic) bond motifs is 1. The Balaban J connectivity index is 1.46. The third-order valence-electron chi connectivity index (χ3n) is 4.27. The molecule has 5 rings (SSSR count). The van der Waals surface area contributed by atoms with Gasteiger partial charge in [0.25, 0.3) is 0 Å². The van der Waals surface area contributed by atoms with Crippen molar-refractivity contribution in [2.24, 2.45) is 0 Å². The maximum Gasteiger partial charge on any atom is 0.177 e. The van der Waals surface area contributed by atoms with Gasteiger partial charge in [-0.1, -0.05) is 0 Å². The normalized spacial score (nSPS) is 11.2. The van der Waals surface area contributed by atoms with Crippen molar-refractivity contribution in [3.05, 3.63) is 79.0 Å². The Hall–Kier alpha value is -3.74. The van der Waals surface area contributed by atoms with Gasteiger partial charge in [0.15, 0.2) is 5.65 Å². The SMILES string of the molecule is c1cnn(-c2ccc(-c3nc4c(cnn4Cc4ccncc4)[nH]3)cc2)c1. The molecule has 0 aliphatic heterocycles. The van der Waals surface area contributed by atoms with Crippen LogP contribution in [-0.2, 0) is 6.54 Å². The predicted molar refractivity (Wildman–Crippen MR) is 97.8 cm³/mol.